The van der Waals surface area contributed by atoms with Crippen molar-refractivity contribution >= 4 is 51.4 Å². The molecule has 0 atom stereocenters. The number of rotatable bonds is 12. The van der Waals surface area contributed by atoms with Gasteiger partial charge in [-0.05, 0) is 180 Å². The van der Waals surface area contributed by atoms with Crippen molar-refractivity contribution in [3.05, 3.63) is 232 Å². The Morgan fingerprint density at radius 3 is 1.94 bits per heavy atom. The number of aryl methyl sites for hydroxylation is 1. The summed E-state index contributed by atoms with van der Waals surface area (Å²) in [6.45, 7) is 18.5. The van der Waals surface area contributed by atoms with Gasteiger partial charge >= 0.3 is 0 Å². The van der Waals surface area contributed by atoms with Crippen molar-refractivity contribution in [2.24, 2.45) is 0 Å². The summed E-state index contributed by atoms with van der Waals surface area (Å²) in [5, 5.41) is 5.11. The van der Waals surface area contributed by atoms with E-state index >= 15 is 0 Å². The second kappa shape index (κ2) is 18.5. The van der Waals surface area contributed by atoms with Crippen LogP contribution in [-0.2, 0) is 10.8 Å². The van der Waals surface area contributed by atoms with Gasteiger partial charge < -0.3 is 9.80 Å². The van der Waals surface area contributed by atoms with E-state index in [1.54, 1.807) is 0 Å². The van der Waals surface area contributed by atoms with Gasteiger partial charge in [0.1, 0.15) is 0 Å². The highest BCUT2D eigenvalue weighted by Crippen LogP contribution is 2.47. The zero-order valence-corrected chi connectivity index (χ0v) is 40.2. The van der Waals surface area contributed by atoms with Crippen LogP contribution in [0, 0.1) is 13.8 Å². The Kier molecular flexibility index (Phi) is 12.4. The standard InChI is InChI=1S/C64H64N2/c1-9-21-52(10-2)63(5,6)60-40-34-53(42-45(60)3)64(7,8)62-46(4)61(66(55-28-15-12-16-29-55)58-38-31-48-23-18-20-25-51(48)44-58)41-39-59(62)49-32-35-56(36-33-49)65(54-26-13-11-14-27-54)57-37-30-47-22-17-19-24-50(47)43-57/h9-11,13-15,17,19,21-44H,12,16,18,20H2,1-8H3/b21-9-,52-10+. The minimum Gasteiger partial charge on any atom is -0.311 e. The molecule has 0 saturated carbocycles. The van der Waals surface area contributed by atoms with Crippen molar-refractivity contribution in [3.8, 4) is 11.1 Å². The monoisotopic (exact) mass is 861 g/mol. The van der Waals surface area contributed by atoms with Gasteiger partial charge in [-0.2, -0.15) is 0 Å². The van der Waals surface area contributed by atoms with Crippen molar-refractivity contribution < 1.29 is 0 Å². The summed E-state index contributed by atoms with van der Waals surface area (Å²) in [6, 6.07) is 54.4. The summed E-state index contributed by atoms with van der Waals surface area (Å²) >= 11 is 0. The fraction of sp³-hybridized carbons (Fsp3) is 0.219. The lowest BCUT2D eigenvalue weighted by Gasteiger charge is -2.36. The molecule has 66 heavy (non-hydrogen) atoms. The molecule has 0 spiro atoms. The molecule has 7 aromatic rings. The van der Waals surface area contributed by atoms with Crippen LogP contribution in [0.2, 0.25) is 0 Å². The lowest BCUT2D eigenvalue weighted by Crippen LogP contribution is -2.29. The van der Waals surface area contributed by atoms with Crippen LogP contribution in [0.25, 0.3) is 34.1 Å². The normalized spacial score (nSPS) is 14.1. The Morgan fingerprint density at radius 1 is 0.561 bits per heavy atom. The largest absolute Gasteiger partial charge is 0.311 e. The number of hydrogen-bond donors (Lipinski definition) is 0. The van der Waals surface area contributed by atoms with Crippen molar-refractivity contribution in [1.29, 1.82) is 0 Å². The Morgan fingerprint density at radius 2 is 1.23 bits per heavy atom. The third-order valence-corrected chi connectivity index (χ3v) is 14.2. The summed E-state index contributed by atoms with van der Waals surface area (Å²) in [7, 11) is 0. The lowest BCUT2D eigenvalue weighted by molar-refractivity contribution is 0.619. The minimum atomic E-state index is -0.365. The van der Waals surface area contributed by atoms with Gasteiger partial charge in [0, 0.05) is 45.0 Å². The molecule has 0 fully saturated rings. The van der Waals surface area contributed by atoms with Crippen LogP contribution in [0.15, 0.2) is 193 Å². The van der Waals surface area contributed by atoms with E-state index in [4.69, 9.17) is 0 Å². The number of anilines is 5. The number of allylic oxidation sites excluding steroid dienone is 7. The van der Waals surface area contributed by atoms with E-state index in [9.17, 15) is 0 Å². The van der Waals surface area contributed by atoms with Gasteiger partial charge in [0.2, 0.25) is 0 Å². The zero-order chi connectivity index (χ0) is 46.0. The Hall–Kier alpha value is -6.90. The Bertz CT molecular complexity index is 3170. The fourth-order valence-corrected chi connectivity index (χ4v) is 10.8. The molecule has 7 aromatic carbocycles. The van der Waals surface area contributed by atoms with Gasteiger partial charge in [0.25, 0.3) is 0 Å². The van der Waals surface area contributed by atoms with Gasteiger partial charge in [0.15, 0.2) is 0 Å². The SMILES string of the molecule is C/C=C\C(=C/C)C(C)(C)c1ccc(C(C)(C)c2c(-c3ccc(N(c4ccccc4)c4ccc5ccccc5c4)cc3)ccc(N(C3=CCCC=C3)c3ccc4c(c3)=CCCC=4)c2C)cc1C. The van der Waals surface area contributed by atoms with E-state index in [0.29, 0.717) is 0 Å². The summed E-state index contributed by atoms with van der Waals surface area (Å²) in [5.74, 6) is 0. The first-order valence-electron chi connectivity index (χ1n) is 24.0. The molecular formula is C64H64N2. The van der Waals surface area contributed by atoms with Gasteiger partial charge in [0.05, 0.1) is 0 Å². The van der Waals surface area contributed by atoms with Crippen LogP contribution in [0.4, 0.5) is 28.4 Å². The van der Waals surface area contributed by atoms with E-state index in [1.807, 2.05) is 0 Å². The van der Waals surface area contributed by atoms with Gasteiger partial charge in [-0.1, -0.05) is 161 Å². The smallest absolute Gasteiger partial charge is 0.0494 e. The molecular weight excluding hydrogens is 797 g/mol. The number of benzene rings is 7. The maximum atomic E-state index is 2.51. The van der Waals surface area contributed by atoms with Crippen LogP contribution in [-0.4, -0.2) is 0 Å². The molecule has 0 radical (unpaired) electrons. The maximum Gasteiger partial charge on any atom is 0.0494 e. The predicted molar refractivity (Wildman–Crippen MR) is 286 cm³/mol. The highest BCUT2D eigenvalue weighted by Gasteiger charge is 2.33. The number of fused-ring (bicyclic) bond motifs is 2. The molecule has 0 bridgehead atoms. The molecule has 2 heteroatoms. The maximum absolute atomic E-state index is 2.51. The third-order valence-electron chi connectivity index (χ3n) is 14.2. The topological polar surface area (TPSA) is 6.48 Å². The molecule has 9 rings (SSSR count). The third kappa shape index (κ3) is 8.42. The van der Waals surface area contributed by atoms with Crippen molar-refractivity contribution in [2.75, 3.05) is 9.80 Å². The Balaban J connectivity index is 1.22. The minimum absolute atomic E-state index is 0.136. The van der Waals surface area contributed by atoms with Crippen molar-refractivity contribution in [3.63, 3.8) is 0 Å². The molecule has 0 aromatic heterocycles. The molecule has 0 amide bonds. The van der Waals surface area contributed by atoms with E-state index in [0.717, 1.165) is 42.7 Å². The zero-order valence-electron chi connectivity index (χ0n) is 40.2. The fourth-order valence-electron chi connectivity index (χ4n) is 10.8. The van der Waals surface area contributed by atoms with Crippen LogP contribution < -0.4 is 20.2 Å². The van der Waals surface area contributed by atoms with Crippen LogP contribution in [0.5, 0.6) is 0 Å². The molecule has 2 nitrogen and oxygen atoms in total. The summed E-state index contributed by atoms with van der Waals surface area (Å²) in [4.78, 5) is 4.88. The Labute approximate surface area is 394 Å². The summed E-state index contributed by atoms with van der Waals surface area (Å²) < 4.78 is 0. The molecule has 2 aliphatic carbocycles. The van der Waals surface area contributed by atoms with E-state index in [2.05, 4.69) is 259 Å². The van der Waals surface area contributed by atoms with Crippen molar-refractivity contribution in [2.45, 2.75) is 91.9 Å². The molecule has 2 aliphatic rings. The highest BCUT2D eigenvalue weighted by molar-refractivity contribution is 5.90. The van der Waals surface area contributed by atoms with Crippen LogP contribution >= 0.6 is 0 Å². The molecule has 330 valence electrons. The second-order valence-electron chi connectivity index (χ2n) is 19.1. The molecule has 0 unspecified atom stereocenters. The van der Waals surface area contributed by atoms with Gasteiger partial charge in [-0.3, -0.25) is 0 Å². The molecule has 0 heterocycles. The average Bonchev–Trinajstić information content (AvgIpc) is 3.34. The number of hydrogen-bond acceptors (Lipinski definition) is 2. The van der Waals surface area contributed by atoms with E-state index < -0.39 is 0 Å². The van der Waals surface area contributed by atoms with Gasteiger partial charge in [-0.25, -0.2) is 0 Å². The number of nitrogens with zero attached hydrogens (tertiary/aromatic N) is 2. The quantitative estimate of drug-likeness (QED) is 0.113. The van der Waals surface area contributed by atoms with E-state index in [1.165, 1.54) is 82.8 Å². The molecule has 0 N–H and O–H groups in total. The van der Waals surface area contributed by atoms with Crippen LogP contribution in [0.3, 0.4) is 0 Å². The first-order valence-corrected chi connectivity index (χ1v) is 24.0. The molecule has 0 aliphatic heterocycles. The average molecular weight is 861 g/mol. The van der Waals surface area contributed by atoms with Crippen LogP contribution in [0.1, 0.15) is 95.0 Å². The summed E-state index contributed by atoms with van der Waals surface area (Å²) in [5.41, 5.74) is 16.9. The first kappa shape index (κ1) is 44.3. The lowest BCUT2D eigenvalue weighted by atomic mass is 9.70. The summed E-state index contributed by atoms with van der Waals surface area (Å²) in [6.07, 6.45) is 22.8. The number of para-hydroxylation sites is 1. The molecule has 0 saturated heterocycles. The second-order valence-corrected chi connectivity index (χ2v) is 19.1. The van der Waals surface area contributed by atoms with Gasteiger partial charge in [-0.15, -0.1) is 0 Å². The first-order chi connectivity index (χ1) is 32.0. The van der Waals surface area contributed by atoms with E-state index in [-0.39, 0.29) is 10.8 Å². The predicted octanol–water partition coefficient (Wildman–Crippen LogP) is 16.4. The highest BCUT2D eigenvalue weighted by atomic mass is 15.2. The van der Waals surface area contributed by atoms with Crippen molar-refractivity contribution in [1.82, 2.24) is 0 Å².